The Morgan fingerprint density at radius 2 is 1.58 bits per heavy atom. The maximum absolute atomic E-state index is 13.2. The van der Waals surface area contributed by atoms with E-state index in [0.717, 1.165) is 37.0 Å². The minimum atomic E-state index is -3.51. The van der Waals surface area contributed by atoms with E-state index in [9.17, 15) is 13.2 Å². The SMILES string of the molecule is COc1ccc(C2CCCN2C(=O)c2ccc(S(=O)(=O)N3CCC(C)CC3)cc2)cc1. The molecule has 2 aliphatic rings. The summed E-state index contributed by atoms with van der Waals surface area (Å²) in [7, 11) is -1.88. The molecular weight excluding hydrogens is 412 g/mol. The van der Waals surface area contributed by atoms with Gasteiger partial charge in [-0.1, -0.05) is 19.1 Å². The summed E-state index contributed by atoms with van der Waals surface area (Å²) in [5, 5.41) is 0. The van der Waals surface area contributed by atoms with Crippen molar-refractivity contribution in [1.82, 2.24) is 9.21 Å². The van der Waals surface area contributed by atoms with Gasteiger partial charge in [0.15, 0.2) is 0 Å². The first-order chi connectivity index (χ1) is 14.9. The molecule has 0 saturated carbocycles. The zero-order chi connectivity index (χ0) is 22.0. The number of carbonyl (C=O) groups is 1. The summed E-state index contributed by atoms with van der Waals surface area (Å²) in [6.45, 7) is 3.96. The fourth-order valence-corrected chi connectivity index (χ4v) is 5.96. The van der Waals surface area contributed by atoms with Crippen molar-refractivity contribution in [2.45, 2.75) is 43.5 Å². The number of methoxy groups -OCH3 is 1. The summed E-state index contributed by atoms with van der Waals surface area (Å²) in [6, 6.07) is 14.3. The summed E-state index contributed by atoms with van der Waals surface area (Å²) >= 11 is 0. The number of hydrogen-bond acceptors (Lipinski definition) is 4. The number of benzene rings is 2. The van der Waals surface area contributed by atoms with E-state index in [1.54, 1.807) is 35.7 Å². The smallest absolute Gasteiger partial charge is 0.254 e. The third-order valence-corrected chi connectivity index (χ3v) is 8.41. The van der Waals surface area contributed by atoms with Crippen LogP contribution in [-0.2, 0) is 10.0 Å². The molecule has 2 fully saturated rings. The maximum Gasteiger partial charge on any atom is 0.254 e. The monoisotopic (exact) mass is 442 g/mol. The summed E-state index contributed by atoms with van der Waals surface area (Å²) in [6.07, 6.45) is 3.63. The van der Waals surface area contributed by atoms with Crippen LogP contribution in [0.25, 0.3) is 0 Å². The topological polar surface area (TPSA) is 66.9 Å². The highest BCUT2D eigenvalue weighted by Gasteiger charge is 2.32. The Hall–Kier alpha value is -2.38. The van der Waals surface area contributed by atoms with E-state index in [1.165, 1.54) is 0 Å². The molecule has 1 unspecified atom stereocenters. The highest BCUT2D eigenvalue weighted by atomic mass is 32.2. The van der Waals surface area contributed by atoms with Crippen molar-refractivity contribution >= 4 is 15.9 Å². The predicted octanol–water partition coefficient (Wildman–Crippen LogP) is 4.09. The molecule has 31 heavy (non-hydrogen) atoms. The van der Waals surface area contributed by atoms with Crippen LogP contribution < -0.4 is 4.74 Å². The highest BCUT2D eigenvalue weighted by molar-refractivity contribution is 7.89. The molecule has 2 heterocycles. The van der Waals surface area contributed by atoms with E-state index < -0.39 is 10.0 Å². The molecule has 1 atom stereocenters. The van der Waals surface area contributed by atoms with Crippen molar-refractivity contribution in [2.24, 2.45) is 5.92 Å². The lowest BCUT2D eigenvalue weighted by Gasteiger charge is -2.29. The molecule has 166 valence electrons. The van der Waals surface area contributed by atoms with Gasteiger partial charge in [0.1, 0.15) is 5.75 Å². The Bertz CT molecular complexity index is 1010. The Kier molecular flexibility index (Phi) is 6.34. The third-order valence-electron chi connectivity index (χ3n) is 6.50. The normalized spacial score (nSPS) is 20.7. The molecule has 2 aliphatic heterocycles. The minimum Gasteiger partial charge on any atom is -0.497 e. The number of nitrogens with zero attached hydrogens (tertiary/aromatic N) is 2. The van der Waals surface area contributed by atoms with E-state index in [1.807, 2.05) is 29.2 Å². The molecule has 1 amide bonds. The number of carbonyl (C=O) groups excluding carboxylic acids is 1. The Balaban J connectivity index is 1.49. The zero-order valence-electron chi connectivity index (χ0n) is 18.2. The predicted molar refractivity (Wildman–Crippen MR) is 120 cm³/mol. The van der Waals surface area contributed by atoms with Crippen molar-refractivity contribution in [3.05, 3.63) is 59.7 Å². The number of sulfonamides is 1. The van der Waals surface area contributed by atoms with E-state index in [0.29, 0.717) is 31.1 Å². The van der Waals surface area contributed by atoms with Crippen molar-refractivity contribution in [3.8, 4) is 5.75 Å². The number of piperidine rings is 1. The van der Waals surface area contributed by atoms with Crippen LogP contribution in [0.5, 0.6) is 5.75 Å². The molecule has 0 bridgehead atoms. The molecule has 2 aromatic carbocycles. The van der Waals surface area contributed by atoms with Crippen molar-refractivity contribution in [3.63, 3.8) is 0 Å². The fraction of sp³-hybridized carbons (Fsp3) is 0.458. The largest absolute Gasteiger partial charge is 0.497 e. The molecular formula is C24H30N2O4S. The van der Waals surface area contributed by atoms with Gasteiger partial charge in [0.2, 0.25) is 10.0 Å². The van der Waals surface area contributed by atoms with E-state index in [-0.39, 0.29) is 16.8 Å². The van der Waals surface area contributed by atoms with Gasteiger partial charge in [0.25, 0.3) is 5.91 Å². The number of rotatable bonds is 5. The molecule has 0 N–H and O–H groups in total. The molecule has 2 saturated heterocycles. The van der Waals surface area contributed by atoms with Gasteiger partial charge in [0, 0.05) is 25.2 Å². The number of likely N-dealkylation sites (tertiary alicyclic amines) is 1. The summed E-state index contributed by atoms with van der Waals surface area (Å²) in [5.74, 6) is 1.29. The molecule has 0 spiro atoms. The molecule has 0 aromatic heterocycles. The van der Waals surface area contributed by atoms with E-state index >= 15 is 0 Å². The second-order valence-corrected chi connectivity index (χ2v) is 10.5. The van der Waals surface area contributed by atoms with E-state index in [2.05, 4.69) is 6.92 Å². The molecule has 4 rings (SSSR count). The van der Waals surface area contributed by atoms with E-state index in [4.69, 9.17) is 4.74 Å². The lowest BCUT2D eigenvalue weighted by Crippen LogP contribution is -2.37. The average Bonchev–Trinajstić information content (AvgIpc) is 3.29. The van der Waals surface area contributed by atoms with Crippen LogP contribution in [0.15, 0.2) is 53.4 Å². The third kappa shape index (κ3) is 4.48. The summed E-state index contributed by atoms with van der Waals surface area (Å²) in [5.41, 5.74) is 1.61. The Morgan fingerprint density at radius 1 is 0.935 bits per heavy atom. The van der Waals surface area contributed by atoms with Crippen LogP contribution >= 0.6 is 0 Å². The molecule has 6 nitrogen and oxygen atoms in total. The molecule has 0 radical (unpaired) electrons. The van der Waals surface area contributed by atoms with Gasteiger partial charge in [-0.3, -0.25) is 4.79 Å². The van der Waals surface area contributed by atoms with Crippen molar-refractivity contribution in [1.29, 1.82) is 0 Å². The van der Waals surface area contributed by atoms with Crippen molar-refractivity contribution < 1.29 is 17.9 Å². The lowest BCUT2D eigenvalue weighted by molar-refractivity contribution is 0.0735. The average molecular weight is 443 g/mol. The van der Waals surface area contributed by atoms with Gasteiger partial charge >= 0.3 is 0 Å². The minimum absolute atomic E-state index is 0.0251. The van der Waals surface area contributed by atoms with Gasteiger partial charge in [0.05, 0.1) is 18.0 Å². The Morgan fingerprint density at radius 3 is 2.19 bits per heavy atom. The van der Waals surface area contributed by atoms with Crippen LogP contribution in [0, 0.1) is 5.92 Å². The maximum atomic E-state index is 13.2. The summed E-state index contributed by atoms with van der Waals surface area (Å²) in [4.78, 5) is 15.3. The van der Waals surface area contributed by atoms with Gasteiger partial charge in [-0.25, -0.2) is 8.42 Å². The van der Waals surface area contributed by atoms with Gasteiger partial charge in [-0.05, 0) is 73.6 Å². The van der Waals surface area contributed by atoms with Crippen molar-refractivity contribution in [2.75, 3.05) is 26.7 Å². The number of ether oxygens (including phenoxy) is 1. The van der Waals surface area contributed by atoms with Crippen LogP contribution in [0.1, 0.15) is 54.6 Å². The second-order valence-electron chi connectivity index (χ2n) is 8.54. The van der Waals surface area contributed by atoms with Gasteiger partial charge in [-0.2, -0.15) is 4.31 Å². The van der Waals surface area contributed by atoms with Gasteiger partial charge < -0.3 is 9.64 Å². The molecule has 7 heteroatoms. The number of hydrogen-bond donors (Lipinski definition) is 0. The first-order valence-electron chi connectivity index (χ1n) is 11.0. The second kappa shape index (κ2) is 9.01. The lowest BCUT2D eigenvalue weighted by atomic mass is 10.0. The van der Waals surface area contributed by atoms with Crippen LogP contribution in [0.2, 0.25) is 0 Å². The standard InChI is InChI=1S/C24H30N2O4S/c1-18-13-16-25(17-14-18)31(28,29)22-11-7-20(8-12-22)24(27)26-15-3-4-23(26)19-5-9-21(30-2)10-6-19/h5-12,18,23H,3-4,13-17H2,1-2H3. The van der Waals surface area contributed by atoms with Crippen LogP contribution in [0.3, 0.4) is 0 Å². The quantitative estimate of drug-likeness (QED) is 0.699. The fourth-order valence-electron chi connectivity index (χ4n) is 4.49. The molecule has 0 aliphatic carbocycles. The first-order valence-corrected chi connectivity index (χ1v) is 12.4. The zero-order valence-corrected chi connectivity index (χ0v) is 19.0. The summed E-state index contributed by atoms with van der Waals surface area (Å²) < 4.78 is 32.7. The molecule has 2 aromatic rings. The first kappa shape index (κ1) is 21.8. The Labute approximate surface area is 184 Å². The highest BCUT2D eigenvalue weighted by Crippen LogP contribution is 2.34. The van der Waals surface area contributed by atoms with Crippen LogP contribution in [-0.4, -0.2) is 50.3 Å². The van der Waals surface area contributed by atoms with Crippen LogP contribution in [0.4, 0.5) is 0 Å². The number of amides is 1. The van der Waals surface area contributed by atoms with Gasteiger partial charge in [-0.15, -0.1) is 0 Å².